The van der Waals surface area contributed by atoms with Gasteiger partial charge in [0.05, 0.1) is 11.5 Å². The molecule has 0 bridgehead atoms. The minimum Gasteiger partial charge on any atom is -0.383 e. The number of primary amides is 1. The standard InChI is InChI=1S/C14H19N3O5/c1-9-8-11(4-5-12(9)17(20)21)14(19)16(6-7-22-3)10(2)13(15)18/h4-5,8,10H,6-7H2,1-3H3,(H2,15,18)/t10-/m0/s1. The van der Waals surface area contributed by atoms with Gasteiger partial charge in [0.2, 0.25) is 5.91 Å². The highest BCUT2D eigenvalue weighted by molar-refractivity contribution is 5.97. The molecule has 1 aromatic rings. The fourth-order valence-electron chi connectivity index (χ4n) is 1.97. The molecule has 0 unspecified atom stereocenters. The third-order valence-corrected chi connectivity index (χ3v) is 3.32. The summed E-state index contributed by atoms with van der Waals surface area (Å²) < 4.78 is 4.93. The number of rotatable bonds is 7. The molecule has 0 heterocycles. The lowest BCUT2D eigenvalue weighted by Crippen LogP contribution is -2.47. The van der Waals surface area contributed by atoms with Gasteiger partial charge in [0, 0.05) is 30.8 Å². The van der Waals surface area contributed by atoms with Crippen molar-refractivity contribution in [3.63, 3.8) is 0 Å². The lowest BCUT2D eigenvalue weighted by molar-refractivity contribution is -0.385. The fourth-order valence-corrected chi connectivity index (χ4v) is 1.97. The fraction of sp³-hybridized carbons (Fsp3) is 0.429. The van der Waals surface area contributed by atoms with E-state index in [-0.39, 0.29) is 24.4 Å². The number of nitro benzene ring substituents is 1. The number of methoxy groups -OCH3 is 1. The van der Waals surface area contributed by atoms with Crippen molar-refractivity contribution < 1.29 is 19.2 Å². The normalized spacial score (nSPS) is 11.8. The van der Waals surface area contributed by atoms with Crippen molar-refractivity contribution in [3.8, 4) is 0 Å². The Bertz CT molecular complexity index is 588. The molecular formula is C14H19N3O5. The van der Waals surface area contributed by atoms with E-state index in [1.807, 2.05) is 0 Å². The molecule has 0 saturated carbocycles. The highest BCUT2D eigenvalue weighted by atomic mass is 16.6. The van der Waals surface area contributed by atoms with Crippen LogP contribution in [0.15, 0.2) is 18.2 Å². The van der Waals surface area contributed by atoms with Crippen molar-refractivity contribution >= 4 is 17.5 Å². The average molecular weight is 309 g/mol. The first-order valence-corrected chi connectivity index (χ1v) is 6.63. The van der Waals surface area contributed by atoms with Gasteiger partial charge in [-0.3, -0.25) is 19.7 Å². The van der Waals surface area contributed by atoms with Crippen LogP contribution >= 0.6 is 0 Å². The van der Waals surface area contributed by atoms with Gasteiger partial charge in [0.15, 0.2) is 0 Å². The Kier molecular flexibility index (Phi) is 6.00. The molecule has 2 N–H and O–H groups in total. The Balaban J connectivity index is 3.10. The van der Waals surface area contributed by atoms with Crippen LogP contribution in [0.5, 0.6) is 0 Å². The molecule has 0 saturated heterocycles. The number of carbonyl (C=O) groups excluding carboxylic acids is 2. The highest BCUT2D eigenvalue weighted by Crippen LogP contribution is 2.20. The second-order valence-electron chi connectivity index (χ2n) is 4.83. The van der Waals surface area contributed by atoms with Crippen molar-refractivity contribution in [2.75, 3.05) is 20.3 Å². The summed E-state index contributed by atoms with van der Waals surface area (Å²) in [5, 5.41) is 10.8. The molecule has 0 spiro atoms. The molecule has 1 rings (SSSR count). The van der Waals surface area contributed by atoms with Gasteiger partial charge in [-0.25, -0.2) is 0 Å². The lowest BCUT2D eigenvalue weighted by Gasteiger charge is -2.27. The van der Waals surface area contributed by atoms with E-state index in [9.17, 15) is 19.7 Å². The summed E-state index contributed by atoms with van der Waals surface area (Å²) in [6.45, 7) is 3.50. The molecule has 0 aromatic heterocycles. The number of hydrogen-bond donors (Lipinski definition) is 1. The van der Waals surface area contributed by atoms with Gasteiger partial charge >= 0.3 is 0 Å². The molecule has 0 aliphatic rings. The first kappa shape index (κ1) is 17.6. The van der Waals surface area contributed by atoms with Gasteiger partial charge < -0.3 is 15.4 Å². The van der Waals surface area contributed by atoms with Crippen LogP contribution in [0.3, 0.4) is 0 Å². The Morgan fingerprint density at radius 2 is 2.09 bits per heavy atom. The molecule has 0 aliphatic heterocycles. The zero-order valence-corrected chi connectivity index (χ0v) is 12.7. The number of ether oxygens (including phenoxy) is 1. The summed E-state index contributed by atoms with van der Waals surface area (Å²) in [5.41, 5.74) is 5.81. The molecule has 1 aromatic carbocycles. The third-order valence-electron chi connectivity index (χ3n) is 3.32. The summed E-state index contributed by atoms with van der Waals surface area (Å²) in [4.78, 5) is 35.4. The van der Waals surface area contributed by atoms with E-state index in [1.54, 1.807) is 6.92 Å². The second-order valence-corrected chi connectivity index (χ2v) is 4.83. The Hall–Kier alpha value is -2.48. The molecule has 2 amide bonds. The average Bonchev–Trinajstić information content (AvgIpc) is 2.46. The molecule has 120 valence electrons. The van der Waals surface area contributed by atoms with E-state index in [0.29, 0.717) is 5.56 Å². The van der Waals surface area contributed by atoms with Crippen molar-refractivity contribution in [1.82, 2.24) is 4.90 Å². The zero-order valence-electron chi connectivity index (χ0n) is 12.7. The van der Waals surface area contributed by atoms with Gasteiger partial charge in [-0.1, -0.05) is 0 Å². The maximum Gasteiger partial charge on any atom is 0.272 e. The maximum absolute atomic E-state index is 12.5. The second kappa shape index (κ2) is 7.51. The van der Waals surface area contributed by atoms with Crippen LogP contribution < -0.4 is 5.73 Å². The summed E-state index contributed by atoms with van der Waals surface area (Å²) >= 11 is 0. The third kappa shape index (κ3) is 4.01. The number of carbonyl (C=O) groups is 2. The lowest BCUT2D eigenvalue weighted by atomic mass is 10.1. The van der Waals surface area contributed by atoms with E-state index in [2.05, 4.69) is 0 Å². The first-order valence-electron chi connectivity index (χ1n) is 6.63. The van der Waals surface area contributed by atoms with E-state index >= 15 is 0 Å². The molecule has 0 fully saturated rings. The largest absolute Gasteiger partial charge is 0.383 e. The monoisotopic (exact) mass is 309 g/mol. The molecule has 22 heavy (non-hydrogen) atoms. The van der Waals surface area contributed by atoms with Gasteiger partial charge in [0.25, 0.3) is 11.6 Å². The van der Waals surface area contributed by atoms with Crippen LogP contribution in [0.2, 0.25) is 0 Å². The Morgan fingerprint density at radius 3 is 2.55 bits per heavy atom. The summed E-state index contributed by atoms with van der Waals surface area (Å²) in [6, 6.07) is 3.25. The van der Waals surface area contributed by atoms with Crippen LogP contribution in [0.4, 0.5) is 5.69 Å². The van der Waals surface area contributed by atoms with Crippen molar-refractivity contribution in [2.45, 2.75) is 19.9 Å². The molecule has 0 aliphatic carbocycles. The number of nitrogens with two attached hydrogens (primary N) is 1. The highest BCUT2D eigenvalue weighted by Gasteiger charge is 2.25. The van der Waals surface area contributed by atoms with Crippen molar-refractivity contribution in [1.29, 1.82) is 0 Å². The van der Waals surface area contributed by atoms with E-state index in [4.69, 9.17) is 10.5 Å². The molecule has 8 nitrogen and oxygen atoms in total. The Labute approximate surface area is 128 Å². The molecule has 1 atom stereocenters. The summed E-state index contributed by atoms with van der Waals surface area (Å²) in [5.74, 6) is -1.07. The topological polar surface area (TPSA) is 116 Å². The molecule has 0 radical (unpaired) electrons. The van der Waals surface area contributed by atoms with Crippen molar-refractivity contribution in [2.24, 2.45) is 5.73 Å². The number of benzene rings is 1. The van der Waals surface area contributed by atoms with Crippen LogP contribution in [0.25, 0.3) is 0 Å². The number of aryl methyl sites for hydroxylation is 1. The van der Waals surface area contributed by atoms with Gasteiger partial charge in [0.1, 0.15) is 6.04 Å². The van der Waals surface area contributed by atoms with Crippen LogP contribution in [-0.4, -0.2) is 47.9 Å². The number of nitro groups is 1. The van der Waals surface area contributed by atoms with Gasteiger partial charge in [-0.15, -0.1) is 0 Å². The van der Waals surface area contributed by atoms with Crippen molar-refractivity contribution in [3.05, 3.63) is 39.4 Å². The Morgan fingerprint density at radius 1 is 1.45 bits per heavy atom. The summed E-state index contributed by atoms with van der Waals surface area (Å²) in [7, 11) is 1.48. The van der Waals surface area contributed by atoms with Gasteiger partial charge in [-0.05, 0) is 26.0 Å². The number of nitrogens with zero attached hydrogens (tertiary/aromatic N) is 2. The maximum atomic E-state index is 12.5. The predicted octanol–water partition coefficient (Wildman–Crippen LogP) is 0.866. The number of amides is 2. The number of hydrogen-bond acceptors (Lipinski definition) is 5. The molecule has 8 heteroatoms. The van der Waals surface area contributed by atoms with Crippen LogP contribution in [-0.2, 0) is 9.53 Å². The molecular weight excluding hydrogens is 290 g/mol. The summed E-state index contributed by atoms with van der Waals surface area (Å²) in [6.07, 6.45) is 0. The van der Waals surface area contributed by atoms with Gasteiger partial charge in [-0.2, -0.15) is 0 Å². The van der Waals surface area contributed by atoms with E-state index in [0.717, 1.165) is 0 Å². The smallest absolute Gasteiger partial charge is 0.272 e. The zero-order chi connectivity index (χ0) is 16.9. The van der Waals surface area contributed by atoms with E-state index in [1.165, 1.54) is 37.1 Å². The van der Waals surface area contributed by atoms with Crippen LogP contribution in [0.1, 0.15) is 22.8 Å². The quantitative estimate of drug-likeness (QED) is 0.592. The SMILES string of the molecule is COCCN(C(=O)c1ccc([N+](=O)[O-])c(C)c1)[C@@H](C)C(N)=O. The van der Waals surface area contributed by atoms with Crippen LogP contribution in [0, 0.1) is 17.0 Å². The minimum absolute atomic E-state index is 0.0667. The minimum atomic E-state index is -0.807. The van der Waals surface area contributed by atoms with E-state index < -0.39 is 22.8 Å². The predicted molar refractivity (Wildman–Crippen MR) is 79.4 cm³/mol. The first-order chi connectivity index (χ1) is 10.3.